The Morgan fingerprint density at radius 2 is 1.89 bits per heavy atom. The third-order valence-corrected chi connectivity index (χ3v) is 5.28. The highest BCUT2D eigenvalue weighted by Gasteiger charge is 2.24. The van der Waals surface area contributed by atoms with Gasteiger partial charge in [0.2, 0.25) is 5.91 Å². The normalized spacial score (nSPS) is 16.5. The van der Waals surface area contributed by atoms with E-state index in [1.807, 2.05) is 29.2 Å². The molecule has 0 bridgehead atoms. The highest BCUT2D eigenvalue weighted by Crippen LogP contribution is 2.27. The summed E-state index contributed by atoms with van der Waals surface area (Å²) in [6.45, 7) is 5.78. The van der Waals surface area contributed by atoms with Crippen LogP contribution in [0, 0.1) is 0 Å². The minimum atomic E-state index is -0.521. The summed E-state index contributed by atoms with van der Waals surface area (Å²) in [5.74, 6) is 0.316. The van der Waals surface area contributed by atoms with Gasteiger partial charge in [0.25, 0.3) is 0 Å². The fourth-order valence-corrected chi connectivity index (χ4v) is 3.61. The van der Waals surface area contributed by atoms with Gasteiger partial charge in [-0.2, -0.15) is 0 Å². The summed E-state index contributed by atoms with van der Waals surface area (Å²) in [5, 5.41) is 5.72. The molecular formula is C20H25ClN4O3. The number of nitrogens with zero attached hydrogens (tertiary/aromatic N) is 2. The second kappa shape index (κ2) is 9.73. The number of amides is 3. The molecule has 2 heterocycles. The first kappa shape index (κ1) is 20.4. The lowest BCUT2D eigenvalue weighted by Gasteiger charge is -2.38. The maximum Gasteiger partial charge on any atom is 0.321 e. The number of carbonyl (C=O) groups is 2. The van der Waals surface area contributed by atoms with Crippen LogP contribution in [0.4, 0.5) is 4.79 Å². The highest BCUT2D eigenvalue weighted by molar-refractivity contribution is 6.31. The van der Waals surface area contributed by atoms with Crippen LogP contribution in [-0.4, -0.2) is 54.5 Å². The third-order valence-electron chi connectivity index (χ3n) is 4.93. The van der Waals surface area contributed by atoms with E-state index in [-0.39, 0.29) is 25.0 Å². The van der Waals surface area contributed by atoms with Gasteiger partial charge in [-0.15, -0.1) is 0 Å². The van der Waals surface area contributed by atoms with E-state index < -0.39 is 6.03 Å². The quantitative estimate of drug-likeness (QED) is 0.773. The summed E-state index contributed by atoms with van der Waals surface area (Å²) < 4.78 is 5.13. The highest BCUT2D eigenvalue weighted by atomic mass is 35.5. The van der Waals surface area contributed by atoms with Gasteiger partial charge in [-0.3, -0.25) is 19.9 Å². The van der Waals surface area contributed by atoms with Crippen molar-refractivity contribution in [2.45, 2.75) is 19.5 Å². The van der Waals surface area contributed by atoms with Crippen LogP contribution in [0.5, 0.6) is 0 Å². The van der Waals surface area contributed by atoms with E-state index in [2.05, 4.69) is 22.5 Å². The molecule has 1 aliphatic rings. The molecule has 7 nitrogen and oxygen atoms in total. The van der Waals surface area contributed by atoms with E-state index in [4.69, 9.17) is 16.0 Å². The van der Waals surface area contributed by atoms with Gasteiger partial charge in [-0.1, -0.05) is 29.8 Å². The van der Waals surface area contributed by atoms with Crippen molar-refractivity contribution >= 4 is 23.5 Å². The standard InChI is InChI=1S/C20H25ClN4O3/c1-15(17-6-2-3-7-18(17)21)25-10-8-24(9-11-25)14-19(26)23-20(27)22-13-16-5-4-12-28-16/h2-7,12,15H,8-11,13-14H2,1H3,(H2,22,23,26,27). The van der Waals surface area contributed by atoms with Gasteiger partial charge in [-0.25, -0.2) is 4.79 Å². The van der Waals surface area contributed by atoms with Crippen molar-refractivity contribution in [2.24, 2.45) is 0 Å². The number of piperazine rings is 1. The molecule has 150 valence electrons. The van der Waals surface area contributed by atoms with Crippen LogP contribution < -0.4 is 10.6 Å². The Labute approximate surface area is 169 Å². The van der Waals surface area contributed by atoms with E-state index in [0.29, 0.717) is 5.76 Å². The van der Waals surface area contributed by atoms with E-state index in [1.165, 1.54) is 6.26 Å². The Balaban J connectivity index is 1.39. The number of halogens is 1. The van der Waals surface area contributed by atoms with Gasteiger partial charge in [-0.05, 0) is 30.7 Å². The lowest BCUT2D eigenvalue weighted by atomic mass is 10.1. The molecule has 3 amide bonds. The Hall–Kier alpha value is -2.35. The monoisotopic (exact) mass is 404 g/mol. The summed E-state index contributed by atoms with van der Waals surface area (Å²) in [4.78, 5) is 28.3. The number of nitrogens with one attached hydrogen (secondary N) is 2. The van der Waals surface area contributed by atoms with Crippen molar-refractivity contribution < 1.29 is 14.0 Å². The largest absolute Gasteiger partial charge is 0.467 e. The summed E-state index contributed by atoms with van der Waals surface area (Å²) in [6, 6.07) is 11.1. The molecule has 1 aromatic carbocycles. The molecule has 1 aromatic heterocycles. The first-order valence-corrected chi connectivity index (χ1v) is 9.71. The Morgan fingerprint density at radius 3 is 2.57 bits per heavy atom. The minimum absolute atomic E-state index is 0.197. The zero-order valence-corrected chi connectivity index (χ0v) is 16.6. The van der Waals surface area contributed by atoms with Crippen LogP contribution in [0.3, 0.4) is 0 Å². The zero-order chi connectivity index (χ0) is 19.9. The number of furan rings is 1. The molecule has 0 spiro atoms. The number of hydrogen-bond acceptors (Lipinski definition) is 5. The van der Waals surface area contributed by atoms with E-state index in [0.717, 1.165) is 36.8 Å². The smallest absolute Gasteiger partial charge is 0.321 e. The molecule has 1 aliphatic heterocycles. The Bertz CT molecular complexity index is 789. The molecule has 2 aromatic rings. The SMILES string of the molecule is CC(c1ccccc1Cl)N1CCN(CC(=O)NC(=O)NCc2ccco2)CC1. The van der Waals surface area contributed by atoms with Crippen LogP contribution in [0.2, 0.25) is 5.02 Å². The van der Waals surface area contributed by atoms with Crippen LogP contribution in [0.15, 0.2) is 47.1 Å². The summed E-state index contributed by atoms with van der Waals surface area (Å²) in [5.41, 5.74) is 1.11. The van der Waals surface area contributed by atoms with Crippen molar-refractivity contribution in [3.05, 3.63) is 59.0 Å². The molecule has 1 fully saturated rings. The number of benzene rings is 1. The number of carbonyl (C=O) groups excluding carboxylic acids is 2. The second-order valence-electron chi connectivity index (χ2n) is 6.82. The van der Waals surface area contributed by atoms with E-state index in [9.17, 15) is 9.59 Å². The molecule has 2 N–H and O–H groups in total. The van der Waals surface area contributed by atoms with E-state index >= 15 is 0 Å². The van der Waals surface area contributed by atoms with Gasteiger partial charge in [0.05, 0.1) is 19.4 Å². The second-order valence-corrected chi connectivity index (χ2v) is 7.23. The molecular weight excluding hydrogens is 380 g/mol. The van der Waals surface area contributed by atoms with Gasteiger partial charge in [0.1, 0.15) is 5.76 Å². The summed E-state index contributed by atoms with van der Waals surface area (Å²) >= 11 is 6.31. The number of hydrogen-bond donors (Lipinski definition) is 2. The average Bonchev–Trinajstić information content (AvgIpc) is 3.20. The van der Waals surface area contributed by atoms with Crippen molar-refractivity contribution in [1.82, 2.24) is 20.4 Å². The lowest BCUT2D eigenvalue weighted by Crippen LogP contribution is -2.51. The summed E-state index contributed by atoms with van der Waals surface area (Å²) in [6.07, 6.45) is 1.53. The molecule has 1 saturated heterocycles. The van der Waals surface area contributed by atoms with Crippen molar-refractivity contribution in [2.75, 3.05) is 32.7 Å². The fourth-order valence-electron chi connectivity index (χ4n) is 3.31. The van der Waals surface area contributed by atoms with Gasteiger partial charge >= 0.3 is 6.03 Å². The van der Waals surface area contributed by atoms with Gasteiger partial charge in [0.15, 0.2) is 0 Å². The minimum Gasteiger partial charge on any atom is -0.467 e. The topological polar surface area (TPSA) is 77.8 Å². The Kier molecular flexibility index (Phi) is 7.08. The fraction of sp³-hybridized carbons (Fsp3) is 0.400. The summed E-state index contributed by atoms with van der Waals surface area (Å²) in [7, 11) is 0. The Morgan fingerprint density at radius 1 is 1.14 bits per heavy atom. The molecule has 0 aliphatic carbocycles. The molecule has 28 heavy (non-hydrogen) atoms. The predicted molar refractivity (Wildman–Crippen MR) is 107 cm³/mol. The van der Waals surface area contributed by atoms with Crippen molar-refractivity contribution in [1.29, 1.82) is 0 Å². The van der Waals surface area contributed by atoms with Crippen LogP contribution in [-0.2, 0) is 11.3 Å². The van der Waals surface area contributed by atoms with Crippen molar-refractivity contribution in [3.63, 3.8) is 0 Å². The van der Waals surface area contributed by atoms with E-state index in [1.54, 1.807) is 12.1 Å². The molecule has 3 rings (SSSR count). The van der Waals surface area contributed by atoms with Crippen LogP contribution >= 0.6 is 11.6 Å². The first-order chi connectivity index (χ1) is 13.5. The number of urea groups is 1. The van der Waals surface area contributed by atoms with Gasteiger partial charge < -0.3 is 9.73 Å². The number of imide groups is 1. The van der Waals surface area contributed by atoms with Crippen molar-refractivity contribution in [3.8, 4) is 0 Å². The third kappa shape index (κ3) is 5.58. The average molecular weight is 405 g/mol. The first-order valence-electron chi connectivity index (χ1n) is 9.34. The number of rotatable bonds is 6. The van der Waals surface area contributed by atoms with Crippen LogP contribution in [0.25, 0.3) is 0 Å². The maximum absolute atomic E-state index is 12.1. The molecule has 1 atom stereocenters. The lowest BCUT2D eigenvalue weighted by molar-refractivity contribution is -0.121. The molecule has 0 saturated carbocycles. The molecule has 1 unspecified atom stereocenters. The van der Waals surface area contributed by atoms with Crippen LogP contribution in [0.1, 0.15) is 24.3 Å². The molecule has 0 radical (unpaired) electrons. The van der Waals surface area contributed by atoms with Gasteiger partial charge in [0, 0.05) is 37.2 Å². The zero-order valence-electron chi connectivity index (χ0n) is 15.9. The predicted octanol–water partition coefficient (Wildman–Crippen LogP) is 2.64. The molecule has 8 heteroatoms. The maximum atomic E-state index is 12.1.